The molecule has 0 saturated carbocycles. The number of rotatable bonds is 6. The van der Waals surface area contributed by atoms with E-state index in [1.165, 1.54) is 6.07 Å². The SMILES string of the molecule is CCCNCc1nc(Oc2cc(Br)ccc2F)ccc1Cl. The number of halogens is 3. The van der Waals surface area contributed by atoms with Crippen LogP contribution in [0.25, 0.3) is 0 Å². The lowest BCUT2D eigenvalue weighted by Gasteiger charge is -2.10. The van der Waals surface area contributed by atoms with E-state index < -0.39 is 5.82 Å². The summed E-state index contributed by atoms with van der Waals surface area (Å²) in [5.41, 5.74) is 0.679. The van der Waals surface area contributed by atoms with Gasteiger partial charge in [0.25, 0.3) is 0 Å². The second-order valence-corrected chi connectivity index (χ2v) is 5.75. The first kappa shape index (κ1) is 16.2. The molecule has 0 aliphatic heterocycles. The van der Waals surface area contributed by atoms with Crippen molar-refractivity contribution in [1.29, 1.82) is 0 Å². The summed E-state index contributed by atoms with van der Waals surface area (Å²) in [5.74, 6) is -0.0167. The van der Waals surface area contributed by atoms with E-state index in [9.17, 15) is 4.39 Å². The number of hydrogen-bond acceptors (Lipinski definition) is 3. The minimum absolute atomic E-state index is 0.117. The topological polar surface area (TPSA) is 34.2 Å². The molecule has 21 heavy (non-hydrogen) atoms. The summed E-state index contributed by atoms with van der Waals surface area (Å²) in [6.07, 6.45) is 1.02. The Morgan fingerprint density at radius 1 is 1.33 bits per heavy atom. The van der Waals surface area contributed by atoms with Crippen LogP contribution < -0.4 is 10.1 Å². The molecule has 0 bridgehead atoms. The zero-order valence-corrected chi connectivity index (χ0v) is 13.8. The van der Waals surface area contributed by atoms with E-state index in [1.54, 1.807) is 24.3 Å². The first-order valence-electron chi connectivity index (χ1n) is 6.59. The molecule has 6 heteroatoms. The van der Waals surface area contributed by atoms with Crippen molar-refractivity contribution < 1.29 is 9.13 Å². The van der Waals surface area contributed by atoms with E-state index in [1.807, 2.05) is 0 Å². The van der Waals surface area contributed by atoms with Gasteiger partial charge in [0.1, 0.15) is 0 Å². The van der Waals surface area contributed by atoms with Crippen LogP contribution in [0.15, 0.2) is 34.8 Å². The Morgan fingerprint density at radius 3 is 2.90 bits per heavy atom. The summed E-state index contributed by atoms with van der Waals surface area (Å²) < 4.78 is 19.9. The van der Waals surface area contributed by atoms with Crippen LogP contribution in [-0.4, -0.2) is 11.5 Å². The van der Waals surface area contributed by atoms with Gasteiger partial charge in [0.15, 0.2) is 11.6 Å². The third kappa shape index (κ3) is 4.66. The predicted molar refractivity (Wildman–Crippen MR) is 85.4 cm³/mol. The van der Waals surface area contributed by atoms with Crippen LogP contribution in [0.2, 0.25) is 5.02 Å². The fourth-order valence-corrected chi connectivity index (χ4v) is 2.21. The lowest BCUT2D eigenvalue weighted by molar-refractivity contribution is 0.425. The van der Waals surface area contributed by atoms with Crippen LogP contribution in [0.1, 0.15) is 19.0 Å². The van der Waals surface area contributed by atoms with Gasteiger partial charge in [-0.05, 0) is 37.2 Å². The van der Waals surface area contributed by atoms with Crippen molar-refractivity contribution in [3.8, 4) is 11.6 Å². The van der Waals surface area contributed by atoms with Crippen molar-refractivity contribution in [1.82, 2.24) is 10.3 Å². The van der Waals surface area contributed by atoms with Crippen LogP contribution in [-0.2, 0) is 6.54 Å². The number of benzene rings is 1. The van der Waals surface area contributed by atoms with E-state index in [0.717, 1.165) is 17.4 Å². The fraction of sp³-hybridized carbons (Fsp3) is 0.267. The molecule has 0 spiro atoms. The molecule has 1 heterocycles. The molecule has 0 radical (unpaired) electrons. The van der Waals surface area contributed by atoms with E-state index >= 15 is 0 Å². The lowest BCUT2D eigenvalue weighted by atomic mass is 10.3. The molecule has 2 rings (SSSR count). The minimum atomic E-state index is -0.444. The third-order valence-corrected chi connectivity index (χ3v) is 3.56. The van der Waals surface area contributed by atoms with Gasteiger partial charge in [-0.2, -0.15) is 0 Å². The highest BCUT2D eigenvalue weighted by Crippen LogP contribution is 2.27. The molecule has 0 fully saturated rings. The smallest absolute Gasteiger partial charge is 0.219 e. The fourth-order valence-electron chi connectivity index (χ4n) is 1.70. The van der Waals surface area contributed by atoms with Crippen molar-refractivity contribution in [2.75, 3.05) is 6.54 Å². The second-order valence-electron chi connectivity index (χ2n) is 4.43. The Kier molecular flexibility index (Phi) is 5.96. The average Bonchev–Trinajstić information content (AvgIpc) is 2.46. The second kappa shape index (κ2) is 7.73. The predicted octanol–water partition coefficient (Wildman–Crippen LogP) is 4.93. The summed E-state index contributed by atoms with van der Waals surface area (Å²) in [4.78, 5) is 4.31. The molecule has 0 aliphatic carbocycles. The van der Waals surface area contributed by atoms with Crippen molar-refractivity contribution in [2.24, 2.45) is 0 Å². The Bertz CT molecular complexity index is 625. The van der Waals surface area contributed by atoms with Gasteiger partial charge in [-0.15, -0.1) is 0 Å². The van der Waals surface area contributed by atoms with Gasteiger partial charge < -0.3 is 10.1 Å². The maximum absolute atomic E-state index is 13.7. The number of nitrogens with one attached hydrogen (secondary N) is 1. The highest BCUT2D eigenvalue weighted by molar-refractivity contribution is 9.10. The molecule has 1 aromatic carbocycles. The highest BCUT2D eigenvalue weighted by atomic mass is 79.9. The van der Waals surface area contributed by atoms with Crippen molar-refractivity contribution in [3.05, 3.63) is 51.3 Å². The van der Waals surface area contributed by atoms with E-state index in [-0.39, 0.29) is 5.75 Å². The Labute approximate surface area is 136 Å². The average molecular weight is 374 g/mol. The molecule has 0 aliphatic rings. The monoisotopic (exact) mass is 372 g/mol. The molecular formula is C15H15BrClFN2O. The molecule has 2 aromatic rings. The van der Waals surface area contributed by atoms with Crippen molar-refractivity contribution >= 4 is 27.5 Å². The molecular weight excluding hydrogens is 359 g/mol. The van der Waals surface area contributed by atoms with Gasteiger partial charge in [0.2, 0.25) is 5.88 Å². The number of pyridine rings is 1. The van der Waals surface area contributed by atoms with E-state index in [4.69, 9.17) is 16.3 Å². The highest BCUT2D eigenvalue weighted by Gasteiger charge is 2.09. The standard InChI is InChI=1S/C15H15BrClFN2O/c1-2-7-19-9-13-11(17)4-6-15(20-13)21-14-8-10(16)3-5-12(14)18/h3-6,8,19H,2,7,9H2,1H3. The summed E-state index contributed by atoms with van der Waals surface area (Å²) in [7, 11) is 0. The van der Waals surface area contributed by atoms with Crippen LogP contribution in [0.5, 0.6) is 11.6 Å². The minimum Gasteiger partial charge on any atom is -0.436 e. The van der Waals surface area contributed by atoms with Crippen LogP contribution in [0.4, 0.5) is 4.39 Å². The first-order chi connectivity index (χ1) is 10.1. The summed E-state index contributed by atoms with van der Waals surface area (Å²) in [5, 5.41) is 3.78. The van der Waals surface area contributed by atoms with Gasteiger partial charge >= 0.3 is 0 Å². The normalized spacial score (nSPS) is 10.7. The number of ether oxygens (including phenoxy) is 1. The molecule has 0 unspecified atom stereocenters. The van der Waals surface area contributed by atoms with E-state index in [2.05, 4.69) is 33.2 Å². The largest absolute Gasteiger partial charge is 0.436 e. The lowest BCUT2D eigenvalue weighted by Crippen LogP contribution is -2.15. The van der Waals surface area contributed by atoms with Gasteiger partial charge in [-0.25, -0.2) is 9.37 Å². The van der Waals surface area contributed by atoms with Crippen LogP contribution in [0.3, 0.4) is 0 Å². The number of nitrogens with zero attached hydrogens (tertiary/aromatic N) is 1. The molecule has 3 nitrogen and oxygen atoms in total. The molecule has 112 valence electrons. The van der Waals surface area contributed by atoms with Gasteiger partial charge in [0, 0.05) is 17.1 Å². The molecule has 1 N–H and O–H groups in total. The quantitative estimate of drug-likeness (QED) is 0.729. The summed E-state index contributed by atoms with van der Waals surface area (Å²) >= 11 is 9.37. The summed E-state index contributed by atoms with van der Waals surface area (Å²) in [6.45, 7) is 3.51. The summed E-state index contributed by atoms with van der Waals surface area (Å²) in [6, 6.07) is 7.81. The van der Waals surface area contributed by atoms with E-state index in [0.29, 0.717) is 23.1 Å². The van der Waals surface area contributed by atoms with Crippen LogP contribution in [0, 0.1) is 5.82 Å². The maximum Gasteiger partial charge on any atom is 0.219 e. The number of hydrogen-bond donors (Lipinski definition) is 1. The Balaban J connectivity index is 2.16. The molecule has 0 atom stereocenters. The Hall–Kier alpha value is -1.17. The van der Waals surface area contributed by atoms with Crippen LogP contribution >= 0.6 is 27.5 Å². The maximum atomic E-state index is 13.7. The Morgan fingerprint density at radius 2 is 2.14 bits per heavy atom. The number of aromatic nitrogens is 1. The van der Waals surface area contributed by atoms with Gasteiger partial charge in [-0.3, -0.25) is 0 Å². The molecule has 0 amide bonds. The van der Waals surface area contributed by atoms with Crippen molar-refractivity contribution in [3.63, 3.8) is 0 Å². The first-order valence-corrected chi connectivity index (χ1v) is 7.76. The van der Waals surface area contributed by atoms with Gasteiger partial charge in [0.05, 0.1) is 10.7 Å². The van der Waals surface area contributed by atoms with Crippen molar-refractivity contribution in [2.45, 2.75) is 19.9 Å². The zero-order chi connectivity index (χ0) is 15.2. The molecule has 1 aromatic heterocycles. The molecule has 0 saturated heterocycles. The third-order valence-electron chi connectivity index (χ3n) is 2.72. The van der Waals surface area contributed by atoms with Gasteiger partial charge in [-0.1, -0.05) is 34.5 Å². The zero-order valence-electron chi connectivity index (χ0n) is 11.5.